The topological polar surface area (TPSA) is 36.4 Å². The Morgan fingerprint density at radius 2 is 2.17 bits per heavy atom. The maximum Gasteiger partial charge on any atom is 0.320 e. The van der Waals surface area contributed by atoms with Gasteiger partial charge in [0.15, 0.2) is 0 Å². The van der Waals surface area contributed by atoms with Crippen molar-refractivity contribution in [2.24, 2.45) is 0 Å². The number of aromatic nitrogens is 1. The van der Waals surface area contributed by atoms with E-state index in [2.05, 4.69) is 31.1 Å². The first-order chi connectivity index (χ1) is 11.0. The Morgan fingerprint density at radius 1 is 1.43 bits per heavy atom. The summed E-state index contributed by atoms with van der Waals surface area (Å²) in [6, 6.07) is 1.81. The van der Waals surface area contributed by atoms with E-state index in [1.54, 1.807) is 37.3 Å². The first-order valence-electron chi connectivity index (χ1n) is 7.54. The lowest BCUT2D eigenvalue weighted by molar-refractivity contribution is 0.175. The third-order valence-corrected chi connectivity index (χ3v) is 3.94. The standard InChI is InChI=1S/C19H23N3O/c1-6-8-15(7-2)18-11-16(13-22(18)19(23)21(4)5)17-12-20-10-9-14(17)3/h6-12,18H,1-2,13H2,3-5H3/b15-8+/t18-/m0/s1. The molecule has 0 unspecified atom stereocenters. The number of nitrogens with zero attached hydrogens (tertiary/aromatic N) is 3. The quantitative estimate of drug-likeness (QED) is 0.799. The van der Waals surface area contributed by atoms with Crippen LogP contribution in [0.1, 0.15) is 11.1 Å². The number of aryl methyl sites for hydroxylation is 1. The molecule has 1 aromatic rings. The van der Waals surface area contributed by atoms with Crippen LogP contribution in [-0.4, -0.2) is 47.5 Å². The van der Waals surface area contributed by atoms with Crippen LogP contribution >= 0.6 is 0 Å². The van der Waals surface area contributed by atoms with Gasteiger partial charge in [-0.2, -0.15) is 0 Å². The number of carbonyl (C=O) groups is 1. The molecule has 0 fully saturated rings. The molecule has 0 aliphatic carbocycles. The number of allylic oxidation sites excluding steroid dienone is 2. The van der Waals surface area contributed by atoms with Gasteiger partial charge in [0.25, 0.3) is 0 Å². The fourth-order valence-corrected chi connectivity index (χ4v) is 2.73. The highest BCUT2D eigenvalue weighted by Crippen LogP contribution is 2.31. The van der Waals surface area contributed by atoms with Crippen LogP contribution < -0.4 is 0 Å². The summed E-state index contributed by atoms with van der Waals surface area (Å²) in [5, 5.41) is 0. The highest BCUT2D eigenvalue weighted by atomic mass is 16.2. The monoisotopic (exact) mass is 309 g/mol. The molecule has 1 atom stereocenters. The molecule has 2 heterocycles. The molecule has 2 amide bonds. The van der Waals surface area contributed by atoms with Gasteiger partial charge in [-0.15, -0.1) is 0 Å². The zero-order valence-corrected chi connectivity index (χ0v) is 14.0. The summed E-state index contributed by atoms with van der Waals surface area (Å²) in [5.41, 5.74) is 4.28. The smallest absolute Gasteiger partial charge is 0.320 e. The summed E-state index contributed by atoms with van der Waals surface area (Å²) >= 11 is 0. The molecule has 23 heavy (non-hydrogen) atoms. The van der Waals surface area contributed by atoms with E-state index < -0.39 is 0 Å². The van der Waals surface area contributed by atoms with Crippen LogP contribution in [-0.2, 0) is 0 Å². The van der Waals surface area contributed by atoms with Crippen LogP contribution in [0.5, 0.6) is 0 Å². The van der Waals surface area contributed by atoms with E-state index in [9.17, 15) is 4.79 Å². The third-order valence-electron chi connectivity index (χ3n) is 3.94. The molecular weight excluding hydrogens is 286 g/mol. The van der Waals surface area contributed by atoms with Crippen LogP contribution in [0.3, 0.4) is 0 Å². The molecule has 120 valence electrons. The zero-order valence-electron chi connectivity index (χ0n) is 14.0. The van der Waals surface area contributed by atoms with Gasteiger partial charge in [-0.3, -0.25) is 4.98 Å². The second-order valence-corrected chi connectivity index (χ2v) is 5.74. The van der Waals surface area contributed by atoms with Crippen LogP contribution in [0.25, 0.3) is 5.57 Å². The number of hydrogen-bond acceptors (Lipinski definition) is 2. The van der Waals surface area contributed by atoms with Gasteiger partial charge in [0.1, 0.15) is 0 Å². The molecule has 0 aromatic carbocycles. The number of pyridine rings is 1. The summed E-state index contributed by atoms with van der Waals surface area (Å²) in [6.07, 6.45) is 11.1. The fourth-order valence-electron chi connectivity index (χ4n) is 2.73. The van der Waals surface area contributed by atoms with Gasteiger partial charge in [-0.1, -0.05) is 37.5 Å². The zero-order chi connectivity index (χ0) is 17.0. The van der Waals surface area contributed by atoms with E-state index in [1.165, 1.54) is 0 Å². The number of carbonyl (C=O) groups excluding carboxylic acids is 1. The van der Waals surface area contributed by atoms with Crippen LogP contribution in [0, 0.1) is 6.92 Å². The van der Waals surface area contributed by atoms with Crippen molar-refractivity contribution in [1.29, 1.82) is 0 Å². The molecular formula is C19H23N3O. The van der Waals surface area contributed by atoms with Gasteiger partial charge in [-0.25, -0.2) is 4.79 Å². The average Bonchev–Trinajstić information content (AvgIpc) is 2.96. The number of amides is 2. The van der Waals surface area contributed by atoms with Gasteiger partial charge < -0.3 is 9.80 Å². The second kappa shape index (κ2) is 7.09. The third kappa shape index (κ3) is 3.42. The Labute approximate surface area is 138 Å². The predicted octanol–water partition coefficient (Wildman–Crippen LogP) is 3.44. The van der Waals surface area contributed by atoms with Crippen molar-refractivity contribution in [2.45, 2.75) is 13.0 Å². The van der Waals surface area contributed by atoms with E-state index in [1.807, 2.05) is 23.2 Å². The summed E-state index contributed by atoms with van der Waals surface area (Å²) in [7, 11) is 3.52. The minimum Gasteiger partial charge on any atom is -0.331 e. The van der Waals surface area contributed by atoms with E-state index >= 15 is 0 Å². The Balaban J connectivity index is 2.46. The predicted molar refractivity (Wildman–Crippen MR) is 95.0 cm³/mol. The maximum atomic E-state index is 12.6. The molecule has 0 N–H and O–H groups in total. The van der Waals surface area contributed by atoms with Crippen LogP contribution in [0.4, 0.5) is 4.79 Å². The first-order valence-corrected chi connectivity index (χ1v) is 7.54. The van der Waals surface area contributed by atoms with Crippen molar-refractivity contribution in [1.82, 2.24) is 14.8 Å². The van der Waals surface area contributed by atoms with Gasteiger partial charge >= 0.3 is 6.03 Å². The van der Waals surface area contributed by atoms with Crippen molar-refractivity contribution >= 4 is 11.6 Å². The SMILES string of the molecule is C=C/C=C(\C=C)[C@@H]1C=C(c2cnccc2C)CN1C(=O)N(C)C. The van der Waals surface area contributed by atoms with Crippen LogP contribution in [0.15, 0.2) is 61.5 Å². The summed E-state index contributed by atoms with van der Waals surface area (Å²) in [5.74, 6) is 0. The molecule has 0 bridgehead atoms. The Morgan fingerprint density at radius 3 is 2.74 bits per heavy atom. The molecule has 4 heteroatoms. The maximum absolute atomic E-state index is 12.6. The van der Waals surface area contributed by atoms with E-state index in [0.29, 0.717) is 6.54 Å². The average molecular weight is 309 g/mol. The normalized spacial score (nSPS) is 17.7. The summed E-state index contributed by atoms with van der Waals surface area (Å²) in [4.78, 5) is 20.2. The molecule has 1 aliphatic rings. The molecule has 4 nitrogen and oxygen atoms in total. The first kappa shape index (κ1) is 16.7. The lowest BCUT2D eigenvalue weighted by Crippen LogP contribution is -2.43. The highest BCUT2D eigenvalue weighted by Gasteiger charge is 2.32. The number of hydrogen-bond donors (Lipinski definition) is 0. The minimum atomic E-state index is -0.144. The minimum absolute atomic E-state index is 0.0281. The van der Waals surface area contributed by atoms with Crippen molar-refractivity contribution in [3.05, 3.63) is 72.6 Å². The van der Waals surface area contributed by atoms with Crippen molar-refractivity contribution < 1.29 is 4.79 Å². The molecule has 0 saturated heterocycles. The van der Waals surface area contributed by atoms with Crippen molar-refractivity contribution in [3.8, 4) is 0 Å². The van der Waals surface area contributed by atoms with Crippen molar-refractivity contribution in [2.75, 3.05) is 20.6 Å². The van der Waals surface area contributed by atoms with E-state index in [0.717, 1.165) is 22.3 Å². The van der Waals surface area contributed by atoms with Crippen molar-refractivity contribution in [3.63, 3.8) is 0 Å². The Bertz CT molecular complexity index is 686. The summed E-state index contributed by atoms with van der Waals surface area (Å²) < 4.78 is 0. The lowest BCUT2D eigenvalue weighted by Gasteiger charge is -2.28. The molecule has 0 spiro atoms. The molecule has 0 saturated carbocycles. The molecule has 2 rings (SSSR count). The Kier molecular flexibility index (Phi) is 5.16. The van der Waals surface area contributed by atoms with Gasteiger partial charge in [-0.05, 0) is 29.7 Å². The molecule has 1 aliphatic heterocycles. The van der Waals surface area contributed by atoms with E-state index in [4.69, 9.17) is 0 Å². The largest absolute Gasteiger partial charge is 0.331 e. The lowest BCUT2D eigenvalue weighted by atomic mass is 10.0. The van der Waals surface area contributed by atoms with Gasteiger partial charge in [0.2, 0.25) is 0 Å². The van der Waals surface area contributed by atoms with Gasteiger partial charge in [0, 0.05) is 38.6 Å². The second-order valence-electron chi connectivity index (χ2n) is 5.74. The number of rotatable bonds is 4. The number of urea groups is 1. The summed E-state index contributed by atoms with van der Waals surface area (Å²) in [6.45, 7) is 10.2. The Hall–Kier alpha value is -2.62. The van der Waals surface area contributed by atoms with Crippen LogP contribution in [0.2, 0.25) is 0 Å². The highest BCUT2D eigenvalue weighted by molar-refractivity contribution is 5.83. The van der Waals surface area contributed by atoms with Gasteiger partial charge in [0.05, 0.1) is 6.04 Å². The van der Waals surface area contributed by atoms with E-state index in [-0.39, 0.29) is 12.1 Å². The fraction of sp³-hybridized carbons (Fsp3) is 0.263. The molecule has 1 aromatic heterocycles. The molecule has 0 radical (unpaired) electrons.